The molecule has 1 saturated carbocycles. The van der Waals surface area contributed by atoms with Crippen molar-refractivity contribution >= 4 is 23.0 Å². The fourth-order valence-electron chi connectivity index (χ4n) is 2.72. The van der Waals surface area contributed by atoms with Gasteiger partial charge in [-0.25, -0.2) is 0 Å². The number of benzene rings is 1. The normalized spacial score (nSPS) is 27.0. The molecule has 0 heterocycles. The van der Waals surface area contributed by atoms with Gasteiger partial charge >= 0.3 is 0 Å². The molecule has 1 aromatic rings. The van der Waals surface area contributed by atoms with Gasteiger partial charge in [0.25, 0.3) is 5.69 Å². The van der Waals surface area contributed by atoms with Crippen molar-refractivity contribution in [2.45, 2.75) is 39.2 Å². The zero-order chi connectivity index (χ0) is 14.0. The van der Waals surface area contributed by atoms with Gasteiger partial charge in [-0.2, -0.15) is 0 Å². The first-order valence-corrected chi connectivity index (χ1v) is 7.07. The number of nitrogens with one attached hydrogen (secondary N) is 1. The van der Waals surface area contributed by atoms with Crippen LogP contribution in [0.5, 0.6) is 0 Å². The van der Waals surface area contributed by atoms with Crippen LogP contribution in [0.2, 0.25) is 5.02 Å². The Morgan fingerprint density at radius 1 is 1.37 bits per heavy atom. The lowest BCUT2D eigenvalue weighted by atomic mass is 9.78. The Morgan fingerprint density at radius 3 is 2.79 bits per heavy atom. The lowest BCUT2D eigenvalue weighted by Gasteiger charge is -2.35. The molecule has 5 heteroatoms. The SMILES string of the molecule is CC1CCCC(Nc2cc([N+](=O)[O-])ccc2Cl)C1C. The van der Waals surface area contributed by atoms with E-state index in [0.717, 1.165) is 6.42 Å². The summed E-state index contributed by atoms with van der Waals surface area (Å²) in [4.78, 5) is 10.4. The van der Waals surface area contributed by atoms with Gasteiger partial charge in [0.1, 0.15) is 0 Å². The van der Waals surface area contributed by atoms with Gasteiger partial charge < -0.3 is 5.32 Å². The maximum absolute atomic E-state index is 10.8. The van der Waals surface area contributed by atoms with Crippen molar-refractivity contribution in [3.05, 3.63) is 33.3 Å². The standard InChI is InChI=1S/C14H19ClN2O2/c1-9-4-3-5-13(10(9)2)16-14-8-11(17(18)19)6-7-12(14)15/h6-10,13,16H,3-5H2,1-2H3. The minimum absolute atomic E-state index is 0.0726. The average molecular weight is 283 g/mol. The maximum atomic E-state index is 10.8. The van der Waals surface area contributed by atoms with Crippen molar-refractivity contribution in [1.29, 1.82) is 0 Å². The van der Waals surface area contributed by atoms with Crippen molar-refractivity contribution in [1.82, 2.24) is 0 Å². The molecule has 0 amide bonds. The Hall–Kier alpha value is -1.29. The molecule has 3 atom stereocenters. The fraction of sp³-hybridized carbons (Fsp3) is 0.571. The van der Waals surface area contributed by atoms with Gasteiger partial charge in [0.15, 0.2) is 0 Å². The Balaban J connectivity index is 2.18. The molecule has 0 saturated heterocycles. The molecule has 1 aliphatic carbocycles. The molecule has 0 spiro atoms. The summed E-state index contributed by atoms with van der Waals surface area (Å²) < 4.78 is 0. The molecule has 0 bridgehead atoms. The van der Waals surface area contributed by atoms with Gasteiger partial charge in [-0.05, 0) is 24.3 Å². The molecule has 1 N–H and O–H groups in total. The van der Waals surface area contributed by atoms with Crippen molar-refractivity contribution in [2.75, 3.05) is 5.32 Å². The van der Waals surface area contributed by atoms with Gasteiger partial charge in [0.2, 0.25) is 0 Å². The average Bonchev–Trinajstić information content (AvgIpc) is 2.37. The predicted octanol–water partition coefficient (Wildman–Crippen LogP) is 4.48. The maximum Gasteiger partial charge on any atom is 0.271 e. The number of nitro groups is 1. The lowest BCUT2D eigenvalue weighted by molar-refractivity contribution is -0.384. The summed E-state index contributed by atoms with van der Waals surface area (Å²) in [7, 11) is 0. The number of nitro benzene ring substituents is 1. The quantitative estimate of drug-likeness (QED) is 0.657. The molecule has 2 rings (SSSR count). The van der Waals surface area contributed by atoms with Crippen LogP contribution in [-0.4, -0.2) is 11.0 Å². The summed E-state index contributed by atoms with van der Waals surface area (Å²) in [5.74, 6) is 1.22. The minimum Gasteiger partial charge on any atom is -0.381 e. The summed E-state index contributed by atoms with van der Waals surface area (Å²) >= 11 is 6.12. The van der Waals surface area contributed by atoms with Gasteiger partial charge in [-0.3, -0.25) is 10.1 Å². The van der Waals surface area contributed by atoms with Crippen molar-refractivity contribution in [2.24, 2.45) is 11.8 Å². The monoisotopic (exact) mass is 282 g/mol. The van der Waals surface area contributed by atoms with Crippen molar-refractivity contribution in [3.8, 4) is 0 Å². The van der Waals surface area contributed by atoms with Gasteiger partial charge in [0, 0.05) is 18.2 Å². The van der Waals surface area contributed by atoms with E-state index < -0.39 is 4.92 Å². The number of non-ortho nitro benzene ring substituents is 1. The van der Waals surface area contributed by atoms with Crippen LogP contribution in [-0.2, 0) is 0 Å². The summed E-state index contributed by atoms with van der Waals surface area (Å²) in [6.07, 6.45) is 3.53. The van der Waals surface area contributed by atoms with E-state index in [1.54, 1.807) is 6.07 Å². The topological polar surface area (TPSA) is 55.2 Å². The number of nitrogens with zero attached hydrogens (tertiary/aromatic N) is 1. The van der Waals surface area contributed by atoms with E-state index in [9.17, 15) is 10.1 Å². The third-order valence-electron chi connectivity index (χ3n) is 4.21. The van der Waals surface area contributed by atoms with E-state index >= 15 is 0 Å². The fourth-order valence-corrected chi connectivity index (χ4v) is 2.89. The number of halogens is 1. The third kappa shape index (κ3) is 3.18. The molecule has 104 valence electrons. The van der Waals surface area contributed by atoms with Crippen LogP contribution < -0.4 is 5.32 Å². The van der Waals surface area contributed by atoms with E-state index in [1.165, 1.54) is 25.0 Å². The highest BCUT2D eigenvalue weighted by molar-refractivity contribution is 6.33. The van der Waals surface area contributed by atoms with E-state index in [-0.39, 0.29) is 5.69 Å². The summed E-state index contributed by atoms with van der Waals surface area (Å²) in [5.41, 5.74) is 0.741. The highest BCUT2D eigenvalue weighted by Gasteiger charge is 2.27. The Labute approximate surface area is 118 Å². The van der Waals surface area contributed by atoms with Crippen LogP contribution in [0.4, 0.5) is 11.4 Å². The van der Waals surface area contributed by atoms with Crippen LogP contribution >= 0.6 is 11.6 Å². The second-order valence-corrected chi connectivity index (χ2v) is 5.85. The summed E-state index contributed by atoms with van der Waals surface area (Å²) in [5, 5.41) is 14.7. The zero-order valence-electron chi connectivity index (χ0n) is 11.2. The highest BCUT2D eigenvalue weighted by Crippen LogP contribution is 2.34. The number of anilines is 1. The molecule has 4 nitrogen and oxygen atoms in total. The smallest absolute Gasteiger partial charge is 0.271 e. The zero-order valence-corrected chi connectivity index (χ0v) is 12.0. The third-order valence-corrected chi connectivity index (χ3v) is 4.54. The molecule has 0 aliphatic heterocycles. The van der Waals surface area contributed by atoms with E-state index in [1.807, 2.05) is 0 Å². The molecule has 0 radical (unpaired) electrons. The first-order valence-electron chi connectivity index (χ1n) is 6.69. The van der Waals surface area contributed by atoms with Crippen LogP contribution in [0, 0.1) is 22.0 Å². The van der Waals surface area contributed by atoms with E-state index in [2.05, 4.69) is 19.2 Å². The molecular formula is C14H19ClN2O2. The number of rotatable bonds is 3. The Bertz CT molecular complexity index is 479. The molecule has 1 aromatic carbocycles. The summed E-state index contributed by atoms with van der Waals surface area (Å²) in [6, 6.07) is 4.87. The van der Waals surface area contributed by atoms with Gasteiger partial charge in [-0.15, -0.1) is 0 Å². The highest BCUT2D eigenvalue weighted by atomic mass is 35.5. The predicted molar refractivity (Wildman–Crippen MR) is 77.7 cm³/mol. The molecule has 1 fully saturated rings. The molecule has 1 aliphatic rings. The Kier molecular flexibility index (Phi) is 4.30. The largest absolute Gasteiger partial charge is 0.381 e. The van der Waals surface area contributed by atoms with Crippen LogP contribution in [0.15, 0.2) is 18.2 Å². The first-order chi connectivity index (χ1) is 8.99. The summed E-state index contributed by atoms with van der Waals surface area (Å²) in [6.45, 7) is 4.49. The number of hydrogen-bond donors (Lipinski definition) is 1. The second kappa shape index (κ2) is 5.78. The second-order valence-electron chi connectivity index (χ2n) is 5.44. The van der Waals surface area contributed by atoms with Crippen LogP contribution in [0.1, 0.15) is 33.1 Å². The van der Waals surface area contributed by atoms with Crippen LogP contribution in [0.3, 0.4) is 0 Å². The molecular weight excluding hydrogens is 264 g/mol. The Morgan fingerprint density at radius 2 is 2.11 bits per heavy atom. The number of hydrogen-bond acceptors (Lipinski definition) is 3. The molecule has 0 aromatic heterocycles. The van der Waals surface area contributed by atoms with Crippen molar-refractivity contribution < 1.29 is 4.92 Å². The lowest BCUT2D eigenvalue weighted by Crippen LogP contribution is -2.35. The van der Waals surface area contributed by atoms with Gasteiger partial charge in [0.05, 0.1) is 15.6 Å². The van der Waals surface area contributed by atoms with E-state index in [0.29, 0.717) is 28.6 Å². The molecule has 19 heavy (non-hydrogen) atoms. The van der Waals surface area contributed by atoms with E-state index in [4.69, 9.17) is 11.6 Å². The van der Waals surface area contributed by atoms with Crippen molar-refractivity contribution in [3.63, 3.8) is 0 Å². The van der Waals surface area contributed by atoms with Crippen LogP contribution in [0.25, 0.3) is 0 Å². The minimum atomic E-state index is -0.394. The van der Waals surface area contributed by atoms with Gasteiger partial charge in [-0.1, -0.05) is 38.3 Å². The first kappa shape index (κ1) is 14.1. The molecule has 3 unspecified atom stereocenters.